The monoisotopic (exact) mass is 313 g/mol. The van der Waals surface area contributed by atoms with Crippen LogP contribution in [0.25, 0.3) is 0 Å². The first-order valence-corrected chi connectivity index (χ1v) is 6.85. The topological polar surface area (TPSA) is 40.5 Å². The fraction of sp³-hybridized carbons (Fsp3) is 0.500. The second kappa shape index (κ2) is 6.23. The number of benzene rings is 1. The average Bonchev–Trinajstić information content (AvgIpc) is 2.22. The molecule has 4 heteroatoms. The Bertz CT molecular complexity index is 413. The molecule has 1 aromatic rings. The molecule has 0 aliphatic rings. The standard InChI is InChI=1S/C14H20BrNO2/c1-14(2,3)16(13(17)18)9-5-7-11-6-4-8-12(15)10-11/h4,6,8,10H,5,7,9H2,1-3H3,(H,17,18). The van der Waals surface area contributed by atoms with Gasteiger partial charge in [0.1, 0.15) is 0 Å². The molecule has 0 aliphatic heterocycles. The second-order valence-electron chi connectivity index (χ2n) is 5.34. The highest BCUT2D eigenvalue weighted by atomic mass is 79.9. The van der Waals surface area contributed by atoms with Crippen LogP contribution in [0, 0.1) is 0 Å². The number of carbonyl (C=O) groups is 1. The van der Waals surface area contributed by atoms with Crippen molar-refractivity contribution in [2.24, 2.45) is 0 Å². The van der Waals surface area contributed by atoms with Crippen molar-refractivity contribution in [3.05, 3.63) is 34.3 Å². The summed E-state index contributed by atoms with van der Waals surface area (Å²) in [5.74, 6) is 0. The van der Waals surface area contributed by atoms with Crippen molar-refractivity contribution in [2.45, 2.75) is 39.2 Å². The lowest BCUT2D eigenvalue weighted by atomic mass is 10.0. The number of rotatable bonds is 4. The number of carboxylic acid groups (broad SMARTS) is 1. The molecule has 0 aliphatic carbocycles. The summed E-state index contributed by atoms with van der Waals surface area (Å²) in [5.41, 5.74) is 0.881. The van der Waals surface area contributed by atoms with Crippen LogP contribution in [-0.2, 0) is 6.42 Å². The Labute approximate surface area is 117 Å². The molecule has 18 heavy (non-hydrogen) atoms. The van der Waals surface area contributed by atoms with E-state index in [2.05, 4.69) is 28.1 Å². The third-order valence-electron chi connectivity index (χ3n) is 2.78. The summed E-state index contributed by atoms with van der Waals surface area (Å²) in [7, 11) is 0. The van der Waals surface area contributed by atoms with Gasteiger partial charge in [0.15, 0.2) is 0 Å². The van der Waals surface area contributed by atoms with Crippen molar-refractivity contribution in [2.75, 3.05) is 6.54 Å². The maximum atomic E-state index is 11.2. The minimum Gasteiger partial charge on any atom is -0.465 e. The lowest BCUT2D eigenvalue weighted by Gasteiger charge is -2.33. The number of hydrogen-bond donors (Lipinski definition) is 1. The summed E-state index contributed by atoms with van der Waals surface area (Å²) in [4.78, 5) is 12.7. The van der Waals surface area contributed by atoms with Crippen molar-refractivity contribution in [1.82, 2.24) is 4.90 Å². The van der Waals surface area contributed by atoms with Crippen LogP contribution in [0.4, 0.5) is 4.79 Å². The number of nitrogens with zero attached hydrogens (tertiary/aromatic N) is 1. The van der Waals surface area contributed by atoms with E-state index in [1.54, 1.807) is 0 Å². The van der Waals surface area contributed by atoms with Gasteiger partial charge in [0.2, 0.25) is 0 Å². The van der Waals surface area contributed by atoms with Crippen molar-refractivity contribution < 1.29 is 9.90 Å². The third kappa shape index (κ3) is 4.69. The summed E-state index contributed by atoms with van der Waals surface area (Å²) in [6, 6.07) is 8.12. The van der Waals surface area contributed by atoms with E-state index < -0.39 is 6.09 Å². The molecule has 0 atom stereocenters. The van der Waals surface area contributed by atoms with Crippen LogP contribution in [0.2, 0.25) is 0 Å². The van der Waals surface area contributed by atoms with E-state index in [9.17, 15) is 4.79 Å². The first-order chi connectivity index (χ1) is 8.30. The van der Waals surface area contributed by atoms with Gasteiger partial charge >= 0.3 is 6.09 Å². The summed E-state index contributed by atoms with van der Waals surface area (Å²) in [5, 5.41) is 9.17. The van der Waals surface area contributed by atoms with Gasteiger partial charge in [-0.25, -0.2) is 4.79 Å². The van der Waals surface area contributed by atoms with E-state index in [-0.39, 0.29) is 5.54 Å². The van der Waals surface area contributed by atoms with Gasteiger partial charge in [-0.2, -0.15) is 0 Å². The van der Waals surface area contributed by atoms with E-state index in [0.717, 1.165) is 17.3 Å². The summed E-state index contributed by atoms with van der Waals surface area (Å²) < 4.78 is 1.06. The van der Waals surface area contributed by atoms with Crippen molar-refractivity contribution in [1.29, 1.82) is 0 Å². The SMILES string of the molecule is CC(C)(C)N(CCCc1cccc(Br)c1)C(=O)O. The first kappa shape index (κ1) is 15.0. The van der Waals surface area contributed by atoms with Gasteiger partial charge in [-0.05, 0) is 51.3 Å². The Morgan fingerprint density at radius 2 is 2.06 bits per heavy atom. The van der Waals surface area contributed by atoms with Gasteiger partial charge in [-0.1, -0.05) is 28.1 Å². The molecule has 0 fully saturated rings. The molecule has 0 aromatic heterocycles. The highest BCUT2D eigenvalue weighted by molar-refractivity contribution is 9.10. The molecule has 1 aromatic carbocycles. The molecular formula is C14H20BrNO2. The zero-order chi connectivity index (χ0) is 13.8. The molecule has 1 rings (SSSR count). The maximum absolute atomic E-state index is 11.2. The zero-order valence-electron chi connectivity index (χ0n) is 11.1. The van der Waals surface area contributed by atoms with Crippen LogP contribution in [0.5, 0.6) is 0 Å². The summed E-state index contributed by atoms with van der Waals surface area (Å²) in [6.45, 7) is 6.31. The Kier molecular flexibility index (Phi) is 5.20. The highest BCUT2D eigenvalue weighted by Crippen LogP contribution is 2.16. The Hall–Kier alpha value is -1.03. The number of amides is 1. The normalized spacial score (nSPS) is 11.3. The van der Waals surface area contributed by atoms with Gasteiger partial charge < -0.3 is 10.0 Å². The van der Waals surface area contributed by atoms with E-state index in [0.29, 0.717) is 6.54 Å². The van der Waals surface area contributed by atoms with E-state index in [1.165, 1.54) is 10.5 Å². The number of aryl methyl sites for hydroxylation is 1. The molecular weight excluding hydrogens is 294 g/mol. The van der Waals surface area contributed by atoms with E-state index >= 15 is 0 Å². The zero-order valence-corrected chi connectivity index (χ0v) is 12.7. The molecule has 0 saturated heterocycles. The largest absolute Gasteiger partial charge is 0.465 e. The van der Waals surface area contributed by atoms with Crippen LogP contribution < -0.4 is 0 Å². The van der Waals surface area contributed by atoms with Crippen molar-refractivity contribution >= 4 is 22.0 Å². The first-order valence-electron chi connectivity index (χ1n) is 6.06. The lowest BCUT2D eigenvalue weighted by Crippen LogP contribution is -2.45. The number of halogens is 1. The predicted molar refractivity (Wildman–Crippen MR) is 76.9 cm³/mol. The van der Waals surface area contributed by atoms with Gasteiger partial charge in [-0.3, -0.25) is 0 Å². The molecule has 0 bridgehead atoms. The van der Waals surface area contributed by atoms with Gasteiger partial charge in [0.05, 0.1) is 0 Å². The molecule has 0 unspecified atom stereocenters. The van der Waals surface area contributed by atoms with E-state index in [4.69, 9.17) is 5.11 Å². The van der Waals surface area contributed by atoms with Gasteiger partial charge in [0, 0.05) is 16.6 Å². The minimum atomic E-state index is -0.850. The van der Waals surface area contributed by atoms with Crippen LogP contribution >= 0.6 is 15.9 Å². The fourth-order valence-corrected chi connectivity index (χ4v) is 2.30. The molecule has 0 saturated carbocycles. The molecule has 3 nitrogen and oxygen atoms in total. The summed E-state index contributed by atoms with van der Waals surface area (Å²) >= 11 is 3.43. The van der Waals surface area contributed by atoms with Crippen LogP contribution in [-0.4, -0.2) is 28.2 Å². The molecule has 1 amide bonds. The van der Waals surface area contributed by atoms with Crippen LogP contribution in [0.3, 0.4) is 0 Å². The minimum absolute atomic E-state index is 0.344. The Balaban J connectivity index is 2.52. The maximum Gasteiger partial charge on any atom is 0.407 e. The van der Waals surface area contributed by atoms with Crippen molar-refractivity contribution in [3.63, 3.8) is 0 Å². The van der Waals surface area contributed by atoms with E-state index in [1.807, 2.05) is 32.9 Å². The fourth-order valence-electron chi connectivity index (χ4n) is 1.85. The average molecular weight is 314 g/mol. The Morgan fingerprint density at radius 3 is 2.56 bits per heavy atom. The predicted octanol–water partition coefficient (Wildman–Crippen LogP) is 4.16. The molecule has 100 valence electrons. The lowest BCUT2D eigenvalue weighted by molar-refractivity contribution is 0.0996. The van der Waals surface area contributed by atoms with Crippen LogP contribution in [0.15, 0.2) is 28.7 Å². The highest BCUT2D eigenvalue weighted by Gasteiger charge is 2.25. The van der Waals surface area contributed by atoms with Gasteiger partial charge in [0.25, 0.3) is 0 Å². The molecule has 0 spiro atoms. The van der Waals surface area contributed by atoms with Crippen molar-refractivity contribution in [3.8, 4) is 0 Å². The molecule has 0 heterocycles. The summed E-state index contributed by atoms with van der Waals surface area (Å²) in [6.07, 6.45) is 0.871. The van der Waals surface area contributed by atoms with Crippen LogP contribution in [0.1, 0.15) is 32.8 Å². The van der Waals surface area contributed by atoms with Gasteiger partial charge in [-0.15, -0.1) is 0 Å². The Morgan fingerprint density at radius 1 is 1.39 bits per heavy atom. The number of hydrogen-bond acceptors (Lipinski definition) is 1. The second-order valence-corrected chi connectivity index (χ2v) is 6.25. The molecule has 0 radical (unpaired) electrons. The smallest absolute Gasteiger partial charge is 0.407 e. The third-order valence-corrected chi connectivity index (χ3v) is 3.27. The molecule has 1 N–H and O–H groups in total. The quantitative estimate of drug-likeness (QED) is 0.906.